The Labute approximate surface area is 174 Å². The van der Waals surface area contributed by atoms with Crippen LogP contribution in [-0.2, 0) is 16.1 Å². The molecule has 0 spiro atoms. The van der Waals surface area contributed by atoms with Gasteiger partial charge in [-0.15, -0.1) is 11.3 Å². The molecule has 0 amide bonds. The summed E-state index contributed by atoms with van der Waals surface area (Å²) in [5.41, 5.74) is 3.81. The van der Waals surface area contributed by atoms with Gasteiger partial charge in [0.1, 0.15) is 12.4 Å². The van der Waals surface area contributed by atoms with Crippen LogP contribution < -0.4 is 4.74 Å². The fourth-order valence-electron chi connectivity index (χ4n) is 2.83. The summed E-state index contributed by atoms with van der Waals surface area (Å²) in [7, 11) is 0. The second-order valence-electron chi connectivity index (χ2n) is 6.35. The van der Waals surface area contributed by atoms with Crippen LogP contribution in [0.3, 0.4) is 0 Å². The first-order valence-electron chi connectivity index (χ1n) is 9.42. The molecule has 5 nitrogen and oxygen atoms in total. The van der Waals surface area contributed by atoms with Crippen molar-refractivity contribution in [1.29, 1.82) is 0 Å². The molecule has 0 radical (unpaired) electrons. The van der Waals surface area contributed by atoms with E-state index in [0.717, 1.165) is 17.7 Å². The normalized spacial score (nSPS) is 11.3. The maximum Gasteiger partial charge on any atom is 0.307 e. The maximum absolute atomic E-state index is 10.8. The van der Waals surface area contributed by atoms with E-state index < -0.39 is 5.97 Å². The molecule has 2 aromatic carbocycles. The Balaban J connectivity index is 1.50. The van der Waals surface area contributed by atoms with Crippen LogP contribution in [0.1, 0.15) is 24.5 Å². The van der Waals surface area contributed by atoms with Crippen molar-refractivity contribution < 1.29 is 19.5 Å². The highest BCUT2D eigenvalue weighted by molar-refractivity contribution is 7.13. The van der Waals surface area contributed by atoms with Crippen molar-refractivity contribution >= 4 is 23.0 Å². The van der Waals surface area contributed by atoms with Gasteiger partial charge in [-0.25, -0.2) is 0 Å². The summed E-state index contributed by atoms with van der Waals surface area (Å²) < 4.78 is 5.62. The van der Waals surface area contributed by atoms with Gasteiger partial charge in [-0.2, -0.15) is 0 Å². The highest BCUT2D eigenvalue weighted by atomic mass is 32.1. The van der Waals surface area contributed by atoms with Gasteiger partial charge in [-0.05, 0) is 46.7 Å². The van der Waals surface area contributed by atoms with Crippen LogP contribution in [0.15, 0.2) is 71.2 Å². The third-order valence-corrected chi connectivity index (χ3v) is 5.15. The number of benzene rings is 2. The fourth-order valence-corrected chi connectivity index (χ4v) is 3.56. The van der Waals surface area contributed by atoms with Crippen molar-refractivity contribution in [1.82, 2.24) is 0 Å². The van der Waals surface area contributed by atoms with Crippen LogP contribution in [0.25, 0.3) is 10.4 Å². The number of hydrogen-bond donors (Lipinski definition) is 1. The number of carboxylic acid groups (broad SMARTS) is 1. The average Bonchev–Trinajstić information content (AvgIpc) is 3.26. The number of rotatable bonds is 10. The minimum Gasteiger partial charge on any atom is -0.490 e. The Bertz CT molecular complexity index is 949. The Morgan fingerprint density at radius 1 is 1.07 bits per heavy atom. The van der Waals surface area contributed by atoms with Crippen LogP contribution in [0.4, 0.5) is 0 Å². The Hall–Kier alpha value is -3.12. The Morgan fingerprint density at radius 2 is 1.90 bits per heavy atom. The summed E-state index contributed by atoms with van der Waals surface area (Å²) >= 11 is 1.72. The molecule has 1 N–H and O–H groups in total. The number of hydrogen-bond acceptors (Lipinski definition) is 5. The van der Waals surface area contributed by atoms with E-state index in [-0.39, 0.29) is 6.42 Å². The second kappa shape index (κ2) is 10.4. The van der Waals surface area contributed by atoms with Gasteiger partial charge in [0.25, 0.3) is 0 Å². The Morgan fingerprint density at radius 3 is 2.59 bits per heavy atom. The zero-order chi connectivity index (χ0) is 20.5. The number of carbonyl (C=O) groups is 1. The first-order chi connectivity index (χ1) is 14.2. The van der Waals surface area contributed by atoms with Crippen molar-refractivity contribution in [2.45, 2.75) is 19.8 Å². The molecule has 0 fully saturated rings. The van der Waals surface area contributed by atoms with Crippen LogP contribution in [0.2, 0.25) is 0 Å². The maximum atomic E-state index is 10.8. The van der Waals surface area contributed by atoms with Crippen molar-refractivity contribution in [3.05, 3.63) is 77.2 Å². The molecule has 0 saturated heterocycles. The van der Waals surface area contributed by atoms with Crippen molar-refractivity contribution in [3.63, 3.8) is 0 Å². The lowest BCUT2D eigenvalue weighted by atomic mass is 10.1. The molecule has 3 rings (SSSR count). The molecule has 29 heavy (non-hydrogen) atoms. The molecule has 150 valence electrons. The van der Waals surface area contributed by atoms with Gasteiger partial charge >= 0.3 is 5.97 Å². The van der Waals surface area contributed by atoms with Gasteiger partial charge in [-0.3, -0.25) is 4.79 Å². The predicted molar refractivity (Wildman–Crippen MR) is 116 cm³/mol. The van der Waals surface area contributed by atoms with Gasteiger partial charge in [0.2, 0.25) is 0 Å². The molecule has 0 aliphatic heterocycles. The van der Waals surface area contributed by atoms with E-state index >= 15 is 0 Å². The van der Waals surface area contributed by atoms with E-state index in [1.165, 1.54) is 10.4 Å². The summed E-state index contributed by atoms with van der Waals surface area (Å²) in [5, 5.41) is 15.2. The van der Waals surface area contributed by atoms with E-state index in [1.807, 2.05) is 13.0 Å². The third kappa shape index (κ3) is 6.19. The van der Waals surface area contributed by atoms with E-state index in [0.29, 0.717) is 24.5 Å². The zero-order valence-corrected chi connectivity index (χ0v) is 17.0. The molecule has 0 aliphatic rings. The molecule has 1 heterocycles. The topological polar surface area (TPSA) is 68.1 Å². The minimum atomic E-state index is -0.865. The zero-order valence-electron chi connectivity index (χ0n) is 16.2. The van der Waals surface area contributed by atoms with E-state index in [9.17, 15) is 4.79 Å². The number of ether oxygens (including phenoxy) is 1. The van der Waals surface area contributed by atoms with Gasteiger partial charge in [-0.1, -0.05) is 54.5 Å². The summed E-state index contributed by atoms with van der Waals surface area (Å²) in [6.45, 7) is 2.67. The largest absolute Gasteiger partial charge is 0.490 e. The summed E-state index contributed by atoms with van der Waals surface area (Å²) in [4.78, 5) is 17.5. The van der Waals surface area contributed by atoms with Crippen molar-refractivity contribution in [3.8, 4) is 16.2 Å². The molecular formula is C23H23NO4S. The predicted octanol–water partition coefficient (Wildman–Crippen LogP) is 5.25. The summed E-state index contributed by atoms with van der Waals surface area (Å²) in [5.74, 6) is -0.244. The second-order valence-corrected chi connectivity index (χ2v) is 7.29. The smallest absolute Gasteiger partial charge is 0.307 e. The quantitative estimate of drug-likeness (QED) is 0.282. The van der Waals surface area contributed by atoms with Crippen LogP contribution in [0.5, 0.6) is 5.75 Å². The Kier molecular flexibility index (Phi) is 7.41. The van der Waals surface area contributed by atoms with Gasteiger partial charge in [0.15, 0.2) is 6.61 Å². The van der Waals surface area contributed by atoms with Crippen LogP contribution in [0, 0.1) is 0 Å². The lowest BCUT2D eigenvalue weighted by molar-refractivity contribution is -0.136. The number of carboxylic acids is 1. The highest BCUT2D eigenvalue weighted by Gasteiger charge is 2.05. The molecule has 0 bridgehead atoms. The van der Waals surface area contributed by atoms with E-state index in [4.69, 9.17) is 14.7 Å². The highest BCUT2D eigenvalue weighted by Crippen LogP contribution is 2.25. The molecular weight excluding hydrogens is 386 g/mol. The van der Waals surface area contributed by atoms with Crippen molar-refractivity contribution in [2.75, 3.05) is 13.2 Å². The number of oxime groups is 1. The molecule has 6 heteroatoms. The van der Waals surface area contributed by atoms with Crippen LogP contribution in [-0.4, -0.2) is 30.0 Å². The van der Waals surface area contributed by atoms with Gasteiger partial charge < -0.3 is 14.7 Å². The summed E-state index contributed by atoms with van der Waals surface area (Å²) in [6, 6.07) is 19.5. The molecule has 3 aromatic rings. The molecule has 1 aromatic heterocycles. The lowest BCUT2D eigenvalue weighted by Crippen LogP contribution is -2.07. The standard InChI is InChI=1S/C23H23NO4S/c1-2-21(18-8-10-19(11-9-18)22-7-4-14-29-22)24-28-13-12-27-20-6-3-5-17(15-20)16-23(25)26/h3-11,14-15H,2,12-13,16H2,1H3,(H,25,26). The number of thiophene rings is 1. The SMILES string of the molecule is CCC(=NOCCOc1cccc(CC(=O)O)c1)c1ccc(-c2cccs2)cc1. The van der Waals surface area contributed by atoms with E-state index in [2.05, 4.69) is 40.9 Å². The van der Waals surface area contributed by atoms with E-state index in [1.54, 1.807) is 35.6 Å². The minimum absolute atomic E-state index is 0.0247. The third-order valence-electron chi connectivity index (χ3n) is 4.23. The van der Waals surface area contributed by atoms with Crippen LogP contribution >= 0.6 is 11.3 Å². The van der Waals surface area contributed by atoms with Gasteiger partial charge in [0, 0.05) is 4.88 Å². The number of nitrogens with zero attached hydrogens (tertiary/aromatic N) is 1. The number of aliphatic carboxylic acids is 1. The molecule has 0 aliphatic carbocycles. The molecule has 0 saturated carbocycles. The lowest BCUT2D eigenvalue weighted by Gasteiger charge is -2.08. The first-order valence-corrected chi connectivity index (χ1v) is 10.3. The fraction of sp³-hybridized carbons (Fsp3) is 0.217. The summed E-state index contributed by atoms with van der Waals surface area (Å²) in [6.07, 6.45) is 0.736. The first kappa shape index (κ1) is 20.6. The van der Waals surface area contributed by atoms with Gasteiger partial charge in [0.05, 0.1) is 12.1 Å². The average molecular weight is 410 g/mol. The van der Waals surface area contributed by atoms with Crippen molar-refractivity contribution in [2.24, 2.45) is 5.16 Å². The molecule has 0 unspecified atom stereocenters. The molecule has 0 atom stereocenters. The monoisotopic (exact) mass is 409 g/mol.